The predicted molar refractivity (Wildman–Crippen MR) is 55.0 cm³/mol. The van der Waals surface area contributed by atoms with Crippen molar-refractivity contribution in [1.29, 1.82) is 0 Å². The predicted octanol–water partition coefficient (Wildman–Crippen LogP) is 2.04. The van der Waals surface area contributed by atoms with Crippen molar-refractivity contribution >= 4 is 28.4 Å². The Morgan fingerprint density at radius 2 is 2.46 bits per heavy atom. The number of carbonyl (C=O) groups is 1. The van der Waals surface area contributed by atoms with Crippen LogP contribution >= 0.6 is 22.5 Å². The summed E-state index contributed by atoms with van der Waals surface area (Å²) in [6.45, 7) is 0. The number of hydrogen-bond donors (Lipinski definition) is 2. The summed E-state index contributed by atoms with van der Waals surface area (Å²) in [7, 11) is 1.29. The molecule has 0 aromatic carbocycles. The average molecular weight is 215 g/mol. The van der Waals surface area contributed by atoms with Gasteiger partial charge in [0.2, 0.25) is 0 Å². The molecule has 0 aliphatic heterocycles. The van der Waals surface area contributed by atoms with E-state index in [0.717, 1.165) is 10.6 Å². The largest absolute Gasteiger partial charge is 0.481 e. The van der Waals surface area contributed by atoms with Gasteiger partial charge in [-0.3, -0.25) is 9.78 Å². The van der Waals surface area contributed by atoms with Gasteiger partial charge in [-0.2, -0.15) is 0 Å². The Morgan fingerprint density at radius 1 is 1.69 bits per heavy atom. The van der Waals surface area contributed by atoms with Crippen LogP contribution in [0.3, 0.4) is 0 Å². The van der Waals surface area contributed by atoms with Crippen LogP contribution in [0.1, 0.15) is 12.1 Å². The van der Waals surface area contributed by atoms with Crippen molar-refractivity contribution in [1.82, 2.24) is 4.98 Å². The molecule has 0 spiro atoms. The van der Waals surface area contributed by atoms with E-state index in [1.54, 1.807) is 6.20 Å². The Kier molecular flexibility index (Phi) is 4.11. The van der Waals surface area contributed by atoms with Gasteiger partial charge in [0.1, 0.15) is 0 Å². The maximum absolute atomic E-state index is 10.3. The second-order valence-electron chi connectivity index (χ2n) is 2.43. The number of carboxylic acids is 1. The lowest BCUT2D eigenvalue weighted by molar-refractivity contribution is -0.136. The first-order valence-electron chi connectivity index (χ1n) is 3.71. The van der Waals surface area contributed by atoms with Crippen molar-refractivity contribution in [2.75, 3.05) is 0 Å². The minimum Gasteiger partial charge on any atom is -0.481 e. The molecule has 0 saturated heterocycles. The first kappa shape index (κ1) is 10.4. The summed E-state index contributed by atoms with van der Waals surface area (Å²) in [6, 6.07) is 3.69. The first-order valence-corrected chi connectivity index (χ1v) is 5.58. The molecule has 0 atom stereocenters. The van der Waals surface area contributed by atoms with E-state index in [1.807, 2.05) is 12.1 Å². The van der Waals surface area contributed by atoms with E-state index in [-0.39, 0.29) is 6.42 Å². The van der Waals surface area contributed by atoms with Crippen LogP contribution in [0.4, 0.5) is 0 Å². The van der Waals surface area contributed by atoms with E-state index in [1.165, 1.54) is 10.8 Å². The van der Waals surface area contributed by atoms with E-state index < -0.39 is 5.97 Å². The summed E-state index contributed by atoms with van der Waals surface area (Å²) in [4.78, 5) is 15.3. The van der Waals surface area contributed by atoms with Gasteiger partial charge in [-0.15, -0.1) is 11.7 Å². The van der Waals surface area contributed by atoms with Gasteiger partial charge in [-0.1, -0.05) is 10.8 Å². The van der Waals surface area contributed by atoms with Crippen LogP contribution in [0.25, 0.3) is 0 Å². The highest BCUT2D eigenvalue weighted by atomic mass is 33.1. The Bertz CT molecular complexity index is 304. The molecule has 0 radical (unpaired) electrons. The fourth-order valence-corrected chi connectivity index (χ4v) is 1.82. The number of aromatic nitrogens is 1. The number of rotatable bonds is 4. The Balaban J connectivity index is 2.69. The van der Waals surface area contributed by atoms with Crippen LogP contribution in [0.5, 0.6) is 0 Å². The van der Waals surface area contributed by atoms with Crippen LogP contribution in [0.2, 0.25) is 0 Å². The van der Waals surface area contributed by atoms with Crippen molar-refractivity contribution < 1.29 is 9.90 Å². The Labute approximate surface area is 85.4 Å². The number of thiol groups is 1. The summed E-state index contributed by atoms with van der Waals surface area (Å²) in [5.41, 5.74) is 0.796. The second kappa shape index (κ2) is 5.14. The van der Waals surface area contributed by atoms with E-state index in [4.69, 9.17) is 5.11 Å². The third-order valence-electron chi connectivity index (χ3n) is 1.52. The lowest BCUT2D eigenvalue weighted by Crippen LogP contribution is -1.99. The molecule has 1 rings (SSSR count). The van der Waals surface area contributed by atoms with E-state index in [0.29, 0.717) is 6.42 Å². The van der Waals surface area contributed by atoms with Crippen LogP contribution in [0.15, 0.2) is 23.2 Å². The van der Waals surface area contributed by atoms with E-state index in [9.17, 15) is 4.79 Å². The normalized spacial score (nSPS) is 9.92. The maximum atomic E-state index is 10.3. The van der Waals surface area contributed by atoms with Crippen molar-refractivity contribution in [2.24, 2.45) is 0 Å². The molecule has 13 heavy (non-hydrogen) atoms. The quantitative estimate of drug-likeness (QED) is 0.596. The van der Waals surface area contributed by atoms with Crippen LogP contribution < -0.4 is 0 Å². The molecule has 0 aliphatic rings. The average Bonchev–Trinajstić information content (AvgIpc) is 2.15. The highest BCUT2D eigenvalue weighted by Gasteiger charge is 2.04. The molecule has 1 aromatic heterocycles. The third-order valence-corrected chi connectivity index (χ3v) is 2.68. The molecule has 0 amide bonds. The summed E-state index contributed by atoms with van der Waals surface area (Å²) >= 11 is 4.05. The van der Waals surface area contributed by atoms with Crippen LogP contribution in [-0.4, -0.2) is 16.1 Å². The van der Waals surface area contributed by atoms with E-state index >= 15 is 0 Å². The van der Waals surface area contributed by atoms with Gasteiger partial charge in [-0.05, 0) is 12.1 Å². The molecular formula is C8H9NO2S2. The van der Waals surface area contributed by atoms with Crippen molar-refractivity contribution in [3.63, 3.8) is 0 Å². The number of carboxylic acid groups (broad SMARTS) is 1. The van der Waals surface area contributed by atoms with Gasteiger partial charge in [0.25, 0.3) is 0 Å². The fourth-order valence-electron chi connectivity index (χ4n) is 0.919. The monoisotopic (exact) mass is 215 g/mol. The number of pyridine rings is 1. The first-order chi connectivity index (χ1) is 6.24. The summed E-state index contributed by atoms with van der Waals surface area (Å²) < 4.78 is 0. The second-order valence-corrected chi connectivity index (χ2v) is 3.60. The minimum atomic E-state index is -0.805. The lowest BCUT2D eigenvalue weighted by Gasteiger charge is -2.02. The number of aryl methyl sites for hydroxylation is 1. The van der Waals surface area contributed by atoms with Gasteiger partial charge in [0.15, 0.2) is 0 Å². The standard InChI is InChI=1S/C8H9NO2S2/c10-8(11)4-3-6-7(13-12)2-1-5-9-6/h1-2,5,12H,3-4H2,(H,10,11). The molecule has 0 saturated carbocycles. The number of aliphatic carboxylic acids is 1. The molecule has 0 aliphatic carbocycles. The minimum absolute atomic E-state index is 0.109. The van der Waals surface area contributed by atoms with Gasteiger partial charge in [0.05, 0.1) is 12.1 Å². The van der Waals surface area contributed by atoms with Gasteiger partial charge >= 0.3 is 5.97 Å². The van der Waals surface area contributed by atoms with Crippen LogP contribution in [0, 0.1) is 0 Å². The maximum Gasteiger partial charge on any atom is 0.303 e. The zero-order valence-electron chi connectivity index (χ0n) is 6.80. The summed E-state index contributed by atoms with van der Waals surface area (Å²) in [5, 5.41) is 8.48. The third kappa shape index (κ3) is 3.28. The van der Waals surface area contributed by atoms with Gasteiger partial charge in [-0.25, -0.2) is 0 Å². The molecule has 1 aromatic rings. The molecule has 0 unspecified atom stereocenters. The lowest BCUT2D eigenvalue weighted by atomic mass is 10.2. The highest BCUT2D eigenvalue weighted by molar-refractivity contribution is 8.68. The zero-order chi connectivity index (χ0) is 9.68. The zero-order valence-corrected chi connectivity index (χ0v) is 8.52. The molecule has 0 bridgehead atoms. The SMILES string of the molecule is O=C(O)CCc1ncccc1SS. The molecular weight excluding hydrogens is 206 g/mol. The molecule has 1 N–H and O–H groups in total. The van der Waals surface area contributed by atoms with Crippen molar-refractivity contribution in [3.8, 4) is 0 Å². The molecule has 5 heteroatoms. The van der Waals surface area contributed by atoms with Crippen LogP contribution in [-0.2, 0) is 11.2 Å². The number of hydrogen-bond acceptors (Lipinski definition) is 4. The molecule has 3 nitrogen and oxygen atoms in total. The molecule has 0 fully saturated rings. The van der Waals surface area contributed by atoms with E-state index in [2.05, 4.69) is 16.6 Å². The van der Waals surface area contributed by atoms with Crippen molar-refractivity contribution in [2.45, 2.75) is 17.7 Å². The Morgan fingerprint density at radius 3 is 3.08 bits per heavy atom. The van der Waals surface area contributed by atoms with Gasteiger partial charge < -0.3 is 5.11 Å². The van der Waals surface area contributed by atoms with Gasteiger partial charge in [0, 0.05) is 17.5 Å². The molecule has 1 heterocycles. The highest BCUT2D eigenvalue weighted by Crippen LogP contribution is 2.24. The Hall–Kier alpha value is -0.680. The molecule has 70 valence electrons. The fraction of sp³-hybridized carbons (Fsp3) is 0.250. The summed E-state index contributed by atoms with van der Waals surface area (Å²) in [6.07, 6.45) is 2.22. The topological polar surface area (TPSA) is 50.2 Å². The summed E-state index contributed by atoms with van der Waals surface area (Å²) in [5.74, 6) is -0.805. The van der Waals surface area contributed by atoms with Crippen molar-refractivity contribution in [3.05, 3.63) is 24.0 Å². The number of nitrogens with zero attached hydrogens (tertiary/aromatic N) is 1. The smallest absolute Gasteiger partial charge is 0.303 e.